The zero-order valence-corrected chi connectivity index (χ0v) is 13.0. The zero-order valence-electron chi connectivity index (χ0n) is 12.2. The van der Waals surface area contributed by atoms with Crippen LogP contribution in [0.15, 0.2) is 11.4 Å². The minimum absolute atomic E-state index is 0.0596. The van der Waals surface area contributed by atoms with Gasteiger partial charge in [0, 0.05) is 14.1 Å². The summed E-state index contributed by atoms with van der Waals surface area (Å²) in [6.07, 6.45) is 1.94. The van der Waals surface area contributed by atoms with Crippen LogP contribution in [0.1, 0.15) is 18.7 Å². The molecule has 6 nitrogen and oxygen atoms in total. The van der Waals surface area contributed by atoms with Gasteiger partial charge < -0.3 is 10.6 Å². The van der Waals surface area contributed by atoms with Crippen molar-refractivity contribution >= 4 is 33.3 Å². The van der Waals surface area contributed by atoms with Crippen LogP contribution < -0.4 is 10.6 Å². The van der Waals surface area contributed by atoms with Gasteiger partial charge in [0.05, 0.1) is 18.0 Å². The van der Waals surface area contributed by atoms with Crippen molar-refractivity contribution < 1.29 is 4.79 Å². The highest BCUT2D eigenvalue weighted by Crippen LogP contribution is 2.26. The Hall–Kier alpha value is -1.73. The number of aromatic nitrogens is 2. The van der Waals surface area contributed by atoms with E-state index >= 15 is 0 Å². The molecule has 3 heterocycles. The first-order chi connectivity index (χ1) is 10.2. The molecule has 3 rings (SSSR count). The number of anilines is 1. The highest BCUT2D eigenvalue weighted by atomic mass is 32.1. The molecule has 2 N–H and O–H groups in total. The van der Waals surface area contributed by atoms with Crippen molar-refractivity contribution in [2.24, 2.45) is 0 Å². The first-order valence-electron chi connectivity index (χ1n) is 7.10. The molecular formula is C14H19N5OS. The number of hydrogen-bond donors (Lipinski definition) is 2. The summed E-state index contributed by atoms with van der Waals surface area (Å²) in [6.45, 7) is 1.53. The summed E-state index contributed by atoms with van der Waals surface area (Å²) in [5, 5.41) is 8.94. The van der Waals surface area contributed by atoms with Gasteiger partial charge in [0.2, 0.25) is 5.91 Å². The molecule has 0 spiro atoms. The highest BCUT2D eigenvalue weighted by Gasteiger charge is 2.30. The third kappa shape index (κ3) is 2.71. The van der Waals surface area contributed by atoms with Gasteiger partial charge in [0.15, 0.2) is 0 Å². The van der Waals surface area contributed by atoms with Crippen LogP contribution in [0.5, 0.6) is 0 Å². The number of carbonyl (C=O) groups is 1. The van der Waals surface area contributed by atoms with Crippen molar-refractivity contribution in [3.63, 3.8) is 0 Å². The van der Waals surface area contributed by atoms with Gasteiger partial charge in [-0.2, -0.15) is 0 Å². The van der Waals surface area contributed by atoms with Crippen LogP contribution >= 0.6 is 11.3 Å². The fraction of sp³-hybridized carbons (Fsp3) is 0.500. The van der Waals surface area contributed by atoms with Crippen LogP contribution in [0.4, 0.5) is 5.82 Å². The van der Waals surface area contributed by atoms with Gasteiger partial charge in [-0.3, -0.25) is 9.69 Å². The average Bonchev–Trinajstić information content (AvgIpc) is 3.14. The maximum atomic E-state index is 11.9. The number of nitrogens with one attached hydrogen (secondary N) is 2. The Labute approximate surface area is 127 Å². The molecule has 1 amide bonds. The van der Waals surface area contributed by atoms with Gasteiger partial charge in [-0.15, -0.1) is 11.3 Å². The molecule has 0 aromatic carbocycles. The predicted molar refractivity (Wildman–Crippen MR) is 84.5 cm³/mol. The van der Waals surface area contributed by atoms with Crippen molar-refractivity contribution in [2.45, 2.75) is 25.4 Å². The number of carbonyl (C=O) groups excluding carboxylic acids is 1. The molecular weight excluding hydrogens is 286 g/mol. The first kappa shape index (κ1) is 14.2. The van der Waals surface area contributed by atoms with E-state index in [0.717, 1.165) is 41.2 Å². The molecule has 1 atom stereocenters. The second-order valence-electron chi connectivity index (χ2n) is 5.12. The molecule has 1 aliphatic heterocycles. The van der Waals surface area contributed by atoms with Gasteiger partial charge in [0.25, 0.3) is 0 Å². The van der Waals surface area contributed by atoms with Gasteiger partial charge in [-0.1, -0.05) is 0 Å². The topological polar surface area (TPSA) is 70.2 Å². The Morgan fingerprint density at radius 1 is 1.48 bits per heavy atom. The molecule has 7 heteroatoms. The van der Waals surface area contributed by atoms with E-state index in [1.165, 1.54) is 0 Å². The molecule has 2 aromatic rings. The Kier molecular flexibility index (Phi) is 4.03. The van der Waals surface area contributed by atoms with E-state index in [0.29, 0.717) is 6.54 Å². The lowest BCUT2D eigenvalue weighted by Crippen LogP contribution is -2.41. The molecule has 0 aliphatic carbocycles. The third-order valence-electron chi connectivity index (χ3n) is 3.87. The number of fused-ring (bicyclic) bond motifs is 1. The van der Waals surface area contributed by atoms with Crippen LogP contribution in [-0.2, 0) is 11.3 Å². The van der Waals surface area contributed by atoms with Gasteiger partial charge in [-0.05, 0) is 30.8 Å². The number of hydrogen-bond acceptors (Lipinski definition) is 6. The highest BCUT2D eigenvalue weighted by molar-refractivity contribution is 7.16. The maximum Gasteiger partial charge on any atom is 0.237 e. The molecule has 1 fully saturated rings. The quantitative estimate of drug-likeness (QED) is 0.894. The molecule has 0 saturated carbocycles. The number of thiophene rings is 1. The van der Waals surface area contributed by atoms with E-state index in [1.807, 2.05) is 18.5 Å². The van der Waals surface area contributed by atoms with Crippen LogP contribution in [0.3, 0.4) is 0 Å². The summed E-state index contributed by atoms with van der Waals surface area (Å²) in [5.74, 6) is 1.70. The van der Waals surface area contributed by atoms with Crippen molar-refractivity contribution in [3.05, 3.63) is 17.3 Å². The number of likely N-dealkylation sites (N-methyl/N-ethyl adjacent to an activating group) is 1. The standard InChI is InChI=1S/C14H19N5OS/c1-15-12-9-5-7-21-14(9)18-11(17-12)8-19-6-3-4-10(19)13(20)16-2/h5,7,10H,3-4,6,8H2,1-2H3,(H,16,20)(H,15,17,18). The fourth-order valence-corrected chi connectivity index (χ4v) is 3.60. The van der Waals surface area contributed by atoms with E-state index in [4.69, 9.17) is 0 Å². The summed E-state index contributed by atoms with van der Waals surface area (Å²) < 4.78 is 0. The van der Waals surface area contributed by atoms with Crippen LogP contribution in [0.2, 0.25) is 0 Å². The van der Waals surface area contributed by atoms with Crippen molar-refractivity contribution in [1.29, 1.82) is 0 Å². The molecule has 0 radical (unpaired) electrons. The van der Waals surface area contributed by atoms with Crippen molar-refractivity contribution in [2.75, 3.05) is 26.0 Å². The monoisotopic (exact) mass is 305 g/mol. The summed E-state index contributed by atoms with van der Waals surface area (Å²) >= 11 is 1.61. The van der Waals surface area contributed by atoms with Gasteiger partial charge in [0.1, 0.15) is 16.5 Å². The van der Waals surface area contributed by atoms with Crippen molar-refractivity contribution in [1.82, 2.24) is 20.2 Å². The lowest BCUT2D eigenvalue weighted by atomic mass is 10.2. The zero-order chi connectivity index (χ0) is 14.8. The van der Waals surface area contributed by atoms with Crippen LogP contribution in [-0.4, -0.2) is 47.5 Å². The van der Waals surface area contributed by atoms with E-state index in [1.54, 1.807) is 18.4 Å². The lowest BCUT2D eigenvalue weighted by molar-refractivity contribution is -0.125. The molecule has 21 heavy (non-hydrogen) atoms. The number of nitrogens with zero attached hydrogens (tertiary/aromatic N) is 3. The van der Waals surface area contributed by atoms with E-state index in [-0.39, 0.29) is 11.9 Å². The predicted octanol–water partition coefficient (Wildman–Crippen LogP) is 1.44. The summed E-state index contributed by atoms with van der Waals surface area (Å²) in [7, 11) is 3.55. The first-order valence-corrected chi connectivity index (χ1v) is 7.98. The molecule has 0 bridgehead atoms. The van der Waals surface area contributed by atoms with E-state index in [2.05, 4.69) is 25.5 Å². The fourth-order valence-electron chi connectivity index (χ4n) is 2.82. The third-order valence-corrected chi connectivity index (χ3v) is 4.67. The smallest absolute Gasteiger partial charge is 0.237 e. The summed E-state index contributed by atoms with van der Waals surface area (Å²) in [4.78, 5) is 24.3. The number of likely N-dealkylation sites (tertiary alicyclic amines) is 1. The van der Waals surface area contributed by atoms with Crippen LogP contribution in [0.25, 0.3) is 10.2 Å². The molecule has 2 aromatic heterocycles. The van der Waals surface area contributed by atoms with Gasteiger partial charge >= 0.3 is 0 Å². The Morgan fingerprint density at radius 2 is 2.33 bits per heavy atom. The minimum Gasteiger partial charge on any atom is -0.372 e. The molecule has 1 saturated heterocycles. The second-order valence-corrected chi connectivity index (χ2v) is 6.02. The Balaban J connectivity index is 1.85. The lowest BCUT2D eigenvalue weighted by Gasteiger charge is -2.22. The summed E-state index contributed by atoms with van der Waals surface area (Å²) in [5.41, 5.74) is 0. The van der Waals surface area contributed by atoms with E-state index < -0.39 is 0 Å². The molecule has 1 aliphatic rings. The Bertz CT molecular complexity index is 656. The average molecular weight is 305 g/mol. The largest absolute Gasteiger partial charge is 0.372 e. The maximum absolute atomic E-state index is 11.9. The summed E-state index contributed by atoms with van der Waals surface area (Å²) in [6, 6.07) is 1.97. The molecule has 1 unspecified atom stereocenters. The second kappa shape index (κ2) is 5.95. The minimum atomic E-state index is -0.0596. The normalized spacial score (nSPS) is 19.0. The SMILES string of the molecule is CNC(=O)C1CCCN1Cc1nc(NC)c2ccsc2n1. The number of rotatable bonds is 4. The Morgan fingerprint density at radius 3 is 3.10 bits per heavy atom. The van der Waals surface area contributed by atoms with Crippen LogP contribution in [0, 0.1) is 0 Å². The van der Waals surface area contributed by atoms with E-state index in [9.17, 15) is 4.79 Å². The number of amides is 1. The van der Waals surface area contributed by atoms with Gasteiger partial charge in [-0.25, -0.2) is 9.97 Å². The van der Waals surface area contributed by atoms with Crippen molar-refractivity contribution in [3.8, 4) is 0 Å². The molecule has 112 valence electrons.